The summed E-state index contributed by atoms with van der Waals surface area (Å²) in [5.41, 5.74) is 1.22. The summed E-state index contributed by atoms with van der Waals surface area (Å²) < 4.78 is 6.00. The Bertz CT molecular complexity index is 498. The molecule has 0 amide bonds. The van der Waals surface area contributed by atoms with E-state index in [1.807, 2.05) is 12.1 Å². The van der Waals surface area contributed by atoms with Crippen molar-refractivity contribution in [2.45, 2.75) is 26.4 Å². The molecule has 1 aromatic carbocycles. The van der Waals surface area contributed by atoms with Gasteiger partial charge >= 0.3 is 0 Å². The first-order valence-electron chi connectivity index (χ1n) is 5.43. The van der Waals surface area contributed by atoms with Gasteiger partial charge in [-0.25, -0.2) is 0 Å². The van der Waals surface area contributed by atoms with Gasteiger partial charge in [0, 0.05) is 17.4 Å². The summed E-state index contributed by atoms with van der Waals surface area (Å²) in [5.74, 6) is 1.28. The van der Waals surface area contributed by atoms with Gasteiger partial charge in [0.1, 0.15) is 0 Å². The molecule has 0 saturated carbocycles. The van der Waals surface area contributed by atoms with Crippen LogP contribution >= 0.6 is 15.9 Å². The highest BCUT2D eigenvalue weighted by Crippen LogP contribution is 2.17. The molecule has 5 heteroatoms. The number of rotatable bonds is 4. The van der Waals surface area contributed by atoms with Gasteiger partial charge in [-0.15, -0.1) is 0 Å². The van der Waals surface area contributed by atoms with Crippen LogP contribution in [0.4, 0.5) is 0 Å². The van der Waals surface area contributed by atoms with Gasteiger partial charge in [0.05, 0.1) is 6.54 Å². The maximum absolute atomic E-state index is 4.91. The Kier molecular flexibility index (Phi) is 3.91. The van der Waals surface area contributed by atoms with Crippen LogP contribution < -0.4 is 5.32 Å². The first kappa shape index (κ1) is 12.3. The minimum atomic E-state index is 0.242. The Labute approximate surface area is 109 Å². The lowest BCUT2D eigenvalue weighted by Gasteiger charge is -2.12. The molecule has 0 saturated heterocycles. The number of aryl methyl sites for hydroxylation is 1. The van der Waals surface area contributed by atoms with Crippen LogP contribution in [0.1, 0.15) is 30.2 Å². The van der Waals surface area contributed by atoms with Crippen molar-refractivity contribution >= 4 is 15.9 Å². The average Bonchev–Trinajstić information content (AvgIpc) is 2.72. The Morgan fingerprint density at radius 2 is 2.29 bits per heavy atom. The van der Waals surface area contributed by atoms with Gasteiger partial charge in [0.2, 0.25) is 5.89 Å². The zero-order valence-corrected chi connectivity index (χ0v) is 11.4. The van der Waals surface area contributed by atoms with Crippen LogP contribution in [-0.2, 0) is 6.54 Å². The van der Waals surface area contributed by atoms with E-state index in [-0.39, 0.29) is 6.04 Å². The lowest BCUT2D eigenvalue weighted by molar-refractivity contribution is 0.384. The van der Waals surface area contributed by atoms with Crippen molar-refractivity contribution in [1.82, 2.24) is 15.5 Å². The summed E-state index contributed by atoms with van der Waals surface area (Å²) in [5, 5.41) is 7.19. The second-order valence-electron chi connectivity index (χ2n) is 3.89. The van der Waals surface area contributed by atoms with E-state index < -0.39 is 0 Å². The molecular weight excluding hydrogens is 282 g/mol. The van der Waals surface area contributed by atoms with Gasteiger partial charge in [-0.05, 0) is 24.6 Å². The molecule has 0 aliphatic carbocycles. The van der Waals surface area contributed by atoms with E-state index in [0.29, 0.717) is 18.3 Å². The zero-order valence-electron chi connectivity index (χ0n) is 9.77. The van der Waals surface area contributed by atoms with Crippen molar-refractivity contribution in [3.05, 3.63) is 46.0 Å². The van der Waals surface area contributed by atoms with Gasteiger partial charge < -0.3 is 9.84 Å². The summed E-state index contributed by atoms with van der Waals surface area (Å²) in [6.45, 7) is 4.49. The standard InChI is InChI=1S/C12H14BrN3O/c1-8(10-4-3-5-11(13)6-10)14-7-12-15-9(2)17-16-12/h3-6,8,14H,7H2,1-2H3. The van der Waals surface area contributed by atoms with Crippen molar-refractivity contribution in [3.63, 3.8) is 0 Å². The Balaban J connectivity index is 1.95. The van der Waals surface area contributed by atoms with E-state index in [0.717, 1.165) is 4.47 Å². The number of nitrogens with one attached hydrogen (secondary N) is 1. The lowest BCUT2D eigenvalue weighted by Crippen LogP contribution is -2.18. The molecule has 1 N–H and O–H groups in total. The number of hydrogen-bond acceptors (Lipinski definition) is 4. The van der Waals surface area contributed by atoms with E-state index in [9.17, 15) is 0 Å². The summed E-state index contributed by atoms with van der Waals surface area (Å²) in [6, 6.07) is 8.46. The molecule has 90 valence electrons. The Hall–Kier alpha value is -1.20. The Morgan fingerprint density at radius 3 is 2.94 bits per heavy atom. The molecule has 2 aromatic rings. The minimum Gasteiger partial charge on any atom is -0.340 e. The molecule has 1 unspecified atom stereocenters. The fraction of sp³-hybridized carbons (Fsp3) is 0.333. The van der Waals surface area contributed by atoms with Crippen LogP contribution in [0.3, 0.4) is 0 Å². The van der Waals surface area contributed by atoms with Crippen LogP contribution in [0.5, 0.6) is 0 Å². The van der Waals surface area contributed by atoms with E-state index in [1.165, 1.54) is 5.56 Å². The van der Waals surface area contributed by atoms with Gasteiger partial charge in [0.25, 0.3) is 0 Å². The highest BCUT2D eigenvalue weighted by molar-refractivity contribution is 9.10. The monoisotopic (exact) mass is 295 g/mol. The maximum Gasteiger partial charge on any atom is 0.223 e. The van der Waals surface area contributed by atoms with E-state index in [1.54, 1.807) is 6.92 Å². The molecule has 0 aliphatic rings. The molecule has 0 fully saturated rings. The summed E-state index contributed by atoms with van der Waals surface area (Å²) in [7, 11) is 0. The topological polar surface area (TPSA) is 51.0 Å². The number of nitrogens with zero attached hydrogens (tertiary/aromatic N) is 2. The predicted molar refractivity (Wildman–Crippen MR) is 68.4 cm³/mol. The second-order valence-corrected chi connectivity index (χ2v) is 4.80. The second kappa shape index (κ2) is 5.42. The summed E-state index contributed by atoms with van der Waals surface area (Å²) in [6.07, 6.45) is 0. The predicted octanol–water partition coefficient (Wildman–Crippen LogP) is 2.99. The quantitative estimate of drug-likeness (QED) is 0.942. The largest absolute Gasteiger partial charge is 0.340 e. The normalized spacial score (nSPS) is 12.6. The average molecular weight is 296 g/mol. The highest BCUT2D eigenvalue weighted by Gasteiger charge is 2.07. The SMILES string of the molecule is Cc1nc(CNC(C)c2cccc(Br)c2)no1. The highest BCUT2D eigenvalue weighted by atomic mass is 79.9. The van der Waals surface area contributed by atoms with Crippen LogP contribution in [0.15, 0.2) is 33.3 Å². The van der Waals surface area contributed by atoms with Crippen molar-refractivity contribution < 1.29 is 4.52 Å². The minimum absolute atomic E-state index is 0.242. The Morgan fingerprint density at radius 1 is 1.47 bits per heavy atom. The van der Waals surface area contributed by atoms with Crippen molar-refractivity contribution in [1.29, 1.82) is 0 Å². The third kappa shape index (κ3) is 3.38. The summed E-state index contributed by atoms with van der Waals surface area (Å²) in [4.78, 5) is 4.14. The van der Waals surface area contributed by atoms with Gasteiger partial charge in [0.15, 0.2) is 5.82 Å². The molecule has 0 bridgehead atoms. The molecule has 1 aromatic heterocycles. The number of halogens is 1. The van der Waals surface area contributed by atoms with E-state index in [2.05, 4.69) is 50.4 Å². The summed E-state index contributed by atoms with van der Waals surface area (Å²) >= 11 is 3.46. The molecule has 0 radical (unpaired) electrons. The molecule has 0 aliphatic heterocycles. The third-order valence-electron chi connectivity index (χ3n) is 2.48. The van der Waals surface area contributed by atoms with Crippen molar-refractivity contribution in [2.75, 3.05) is 0 Å². The molecular formula is C12H14BrN3O. The third-order valence-corrected chi connectivity index (χ3v) is 2.98. The maximum atomic E-state index is 4.91. The van der Waals surface area contributed by atoms with Gasteiger partial charge in [-0.2, -0.15) is 4.98 Å². The number of hydrogen-bond donors (Lipinski definition) is 1. The number of benzene rings is 1. The first-order chi connectivity index (χ1) is 8.15. The lowest BCUT2D eigenvalue weighted by atomic mass is 10.1. The molecule has 4 nitrogen and oxygen atoms in total. The molecule has 2 rings (SSSR count). The van der Waals surface area contributed by atoms with Gasteiger partial charge in [-0.1, -0.05) is 33.2 Å². The van der Waals surface area contributed by atoms with Crippen LogP contribution in [-0.4, -0.2) is 10.1 Å². The van der Waals surface area contributed by atoms with Crippen molar-refractivity contribution in [3.8, 4) is 0 Å². The van der Waals surface area contributed by atoms with Crippen LogP contribution in [0.25, 0.3) is 0 Å². The zero-order chi connectivity index (χ0) is 12.3. The fourth-order valence-electron chi connectivity index (χ4n) is 1.55. The van der Waals surface area contributed by atoms with Crippen LogP contribution in [0, 0.1) is 6.92 Å². The fourth-order valence-corrected chi connectivity index (χ4v) is 1.97. The van der Waals surface area contributed by atoms with Crippen LogP contribution in [0.2, 0.25) is 0 Å². The molecule has 1 heterocycles. The molecule has 17 heavy (non-hydrogen) atoms. The van der Waals surface area contributed by atoms with Gasteiger partial charge in [-0.3, -0.25) is 0 Å². The number of aromatic nitrogens is 2. The molecule has 1 atom stereocenters. The first-order valence-corrected chi connectivity index (χ1v) is 6.22. The van der Waals surface area contributed by atoms with Crippen molar-refractivity contribution in [2.24, 2.45) is 0 Å². The smallest absolute Gasteiger partial charge is 0.223 e. The molecule has 0 spiro atoms. The van der Waals surface area contributed by atoms with E-state index in [4.69, 9.17) is 4.52 Å². The van der Waals surface area contributed by atoms with E-state index >= 15 is 0 Å².